The Hall–Kier alpha value is -0.540. The molecule has 2 N–H and O–H groups in total. The van der Waals surface area contributed by atoms with Gasteiger partial charge in [0.1, 0.15) is 5.01 Å². The summed E-state index contributed by atoms with van der Waals surface area (Å²) in [6.45, 7) is 6.44. The van der Waals surface area contributed by atoms with Crippen LogP contribution in [0.25, 0.3) is 0 Å². The van der Waals surface area contributed by atoms with Gasteiger partial charge in [0, 0.05) is 24.7 Å². The van der Waals surface area contributed by atoms with E-state index in [-0.39, 0.29) is 6.54 Å². The van der Waals surface area contributed by atoms with Crippen molar-refractivity contribution in [3.63, 3.8) is 0 Å². The van der Waals surface area contributed by atoms with E-state index in [0.717, 1.165) is 29.4 Å². The van der Waals surface area contributed by atoms with Gasteiger partial charge >= 0.3 is 0 Å². The van der Waals surface area contributed by atoms with Crippen LogP contribution in [-0.2, 0) is 16.8 Å². The Morgan fingerprint density at radius 2 is 2.21 bits per heavy atom. The van der Waals surface area contributed by atoms with E-state index >= 15 is 0 Å². The van der Waals surface area contributed by atoms with Gasteiger partial charge in [-0.15, -0.1) is 11.3 Å². The highest BCUT2D eigenvalue weighted by Crippen LogP contribution is 2.11. The maximum atomic E-state index is 11.9. The molecule has 0 saturated carbocycles. The molecule has 0 radical (unpaired) electrons. The Bertz CT molecular complexity index is 473. The van der Waals surface area contributed by atoms with Gasteiger partial charge in [-0.25, -0.2) is 4.98 Å². The molecule has 8 heteroatoms. The van der Waals surface area contributed by atoms with Crippen molar-refractivity contribution >= 4 is 21.5 Å². The molecule has 1 heterocycles. The van der Waals surface area contributed by atoms with Gasteiger partial charge in [-0.3, -0.25) is 0 Å². The van der Waals surface area contributed by atoms with Crippen molar-refractivity contribution in [2.75, 3.05) is 26.7 Å². The zero-order chi connectivity index (χ0) is 14.3. The number of hydrogen-bond acceptors (Lipinski definition) is 5. The van der Waals surface area contributed by atoms with Crippen LogP contribution in [-0.4, -0.2) is 44.4 Å². The molecule has 0 fully saturated rings. The van der Waals surface area contributed by atoms with E-state index in [1.54, 1.807) is 13.2 Å². The van der Waals surface area contributed by atoms with Gasteiger partial charge < -0.3 is 5.32 Å². The van der Waals surface area contributed by atoms with Crippen LogP contribution in [0.2, 0.25) is 0 Å². The monoisotopic (exact) mass is 306 g/mol. The van der Waals surface area contributed by atoms with E-state index in [1.165, 1.54) is 15.6 Å². The molecule has 0 unspecified atom stereocenters. The molecule has 0 atom stereocenters. The summed E-state index contributed by atoms with van der Waals surface area (Å²) in [6, 6.07) is 0. The fourth-order valence-electron chi connectivity index (χ4n) is 1.47. The van der Waals surface area contributed by atoms with E-state index in [0.29, 0.717) is 6.54 Å². The van der Waals surface area contributed by atoms with Crippen LogP contribution in [0.1, 0.15) is 23.2 Å². The summed E-state index contributed by atoms with van der Waals surface area (Å²) in [7, 11) is -1.83. The smallest absolute Gasteiger partial charge is 0.279 e. The van der Waals surface area contributed by atoms with Gasteiger partial charge in [0.2, 0.25) is 0 Å². The van der Waals surface area contributed by atoms with Crippen molar-refractivity contribution in [2.45, 2.75) is 26.8 Å². The molecule has 1 rings (SSSR count). The Balaban J connectivity index is 2.37. The minimum atomic E-state index is -3.41. The van der Waals surface area contributed by atoms with Crippen molar-refractivity contribution in [3.05, 3.63) is 16.1 Å². The van der Waals surface area contributed by atoms with E-state index in [1.807, 2.05) is 13.8 Å². The number of aromatic nitrogens is 1. The van der Waals surface area contributed by atoms with Crippen LogP contribution >= 0.6 is 11.3 Å². The van der Waals surface area contributed by atoms with Crippen LogP contribution in [0.4, 0.5) is 0 Å². The van der Waals surface area contributed by atoms with Crippen molar-refractivity contribution < 1.29 is 8.42 Å². The predicted molar refractivity (Wildman–Crippen MR) is 78.4 cm³/mol. The molecule has 0 amide bonds. The van der Waals surface area contributed by atoms with E-state index in [2.05, 4.69) is 15.0 Å². The normalized spacial score (nSPS) is 12.2. The van der Waals surface area contributed by atoms with Gasteiger partial charge in [-0.2, -0.15) is 17.4 Å². The summed E-state index contributed by atoms with van der Waals surface area (Å²) in [5.41, 5.74) is 0. The van der Waals surface area contributed by atoms with Crippen LogP contribution in [0.3, 0.4) is 0 Å². The zero-order valence-electron chi connectivity index (χ0n) is 11.6. The Labute approximate surface area is 119 Å². The summed E-state index contributed by atoms with van der Waals surface area (Å²) in [4.78, 5) is 5.20. The second-order valence-electron chi connectivity index (χ2n) is 4.22. The zero-order valence-corrected chi connectivity index (χ0v) is 13.3. The third kappa shape index (κ3) is 5.96. The van der Waals surface area contributed by atoms with E-state index in [4.69, 9.17) is 0 Å². The second-order valence-corrected chi connectivity index (χ2v) is 7.40. The lowest BCUT2D eigenvalue weighted by Crippen LogP contribution is -2.39. The number of nitrogens with zero attached hydrogens (tertiary/aromatic N) is 2. The lowest BCUT2D eigenvalue weighted by molar-refractivity contribution is 0.445. The molecular weight excluding hydrogens is 284 g/mol. The van der Waals surface area contributed by atoms with Gasteiger partial charge in [0.25, 0.3) is 10.2 Å². The summed E-state index contributed by atoms with van der Waals surface area (Å²) < 4.78 is 27.8. The van der Waals surface area contributed by atoms with Crippen LogP contribution in [0.15, 0.2) is 6.20 Å². The van der Waals surface area contributed by atoms with Crippen molar-refractivity contribution in [1.29, 1.82) is 0 Å². The van der Waals surface area contributed by atoms with Crippen molar-refractivity contribution in [2.24, 2.45) is 0 Å². The average Bonchev–Trinajstić information content (AvgIpc) is 2.78. The van der Waals surface area contributed by atoms with Crippen LogP contribution in [0, 0.1) is 6.92 Å². The molecule has 6 nitrogen and oxygen atoms in total. The highest BCUT2D eigenvalue weighted by atomic mass is 32.2. The number of aryl methyl sites for hydroxylation is 1. The van der Waals surface area contributed by atoms with E-state index < -0.39 is 10.2 Å². The molecule has 0 spiro atoms. The van der Waals surface area contributed by atoms with E-state index in [9.17, 15) is 8.42 Å². The maximum Gasteiger partial charge on any atom is 0.279 e. The predicted octanol–water partition coefficient (Wildman–Crippen LogP) is 0.717. The lowest BCUT2D eigenvalue weighted by Gasteiger charge is -2.17. The van der Waals surface area contributed by atoms with Gasteiger partial charge in [0.05, 0.1) is 6.54 Å². The van der Waals surface area contributed by atoms with Gasteiger partial charge in [-0.05, 0) is 26.4 Å². The quantitative estimate of drug-likeness (QED) is 0.659. The third-order valence-corrected chi connectivity index (χ3v) is 4.99. The van der Waals surface area contributed by atoms with Gasteiger partial charge in [0.15, 0.2) is 0 Å². The van der Waals surface area contributed by atoms with Crippen molar-refractivity contribution in [1.82, 2.24) is 19.3 Å². The SMILES string of the molecule is CCNCCCN(C)S(=O)(=O)NCc1ncc(C)s1. The first-order valence-corrected chi connectivity index (χ1v) is 8.54. The van der Waals surface area contributed by atoms with Gasteiger partial charge in [-0.1, -0.05) is 6.92 Å². The first-order valence-electron chi connectivity index (χ1n) is 6.28. The fourth-order valence-corrected chi connectivity index (χ4v) is 3.20. The molecule has 110 valence electrons. The topological polar surface area (TPSA) is 74.3 Å². The number of thiazole rings is 1. The largest absolute Gasteiger partial charge is 0.317 e. The third-order valence-electron chi connectivity index (χ3n) is 2.56. The second kappa shape index (κ2) is 7.91. The highest BCUT2D eigenvalue weighted by Gasteiger charge is 2.16. The summed E-state index contributed by atoms with van der Waals surface area (Å²) in [5, 5.41) is 3.95. The molecule has 0 aliphatic heterocycles. The number of rotatable bonds is 9. The Morgan fingerprint density at radius 3 is 2.79 bits per heavy atom. The highest BCUT2D eigenvalue weighted by molar-refractivity contribution is 7.87. The molecule has 1 aromatic heterocycles. The minimum absolute atomic E-state index is 0.248. The first-order chi connectivity index (χ1) is 8.95. The fraction of sp³-hybridized carbons (Fsp3) is 0.727. The molecule has 0 bridgehead atoms. The molecule has 19 heavy (non-hydrogen) atoms. The Kier molecular flexibility index (Phi) is 6.87. The molecule has 0 aliphatic carbocycles. The molecule has 0 saturated heterocycles. The van der Waals surface area contributed by atoms with Crippen LogP contribution in [0.5, 0.6) is 0 Å². The van der Waals surface area contributed by atoms with Crippen LogP contribution < -0.4 is 10.0 Å². The average molecular weight is 306 g/mol. The summed E-state index contributed by atoms with van der Waals surface area (Å²) in [6.07, 6.45) is 2.54. The molecule has 0 aromatic carbocycles. The standard InChI is InChI=1S/C11H22N4O2S2/c1-4-12-6-5-7-15(3)19(16,17)14-9-11-13-8-10(2)18-11/h8,12,14H,4-7,9H2,1-3H3. The Morgan fingerprint density at radius 1 is 1.47 bits per heavy atom. The molecular formula is C11H22N4O2S2. The molecule has 0 aliphatic rings. The summed E-state index contributed by atoms with van der Waals surface area (Å²) in [5.74, 6) is 0. The lowest BCUT2D eigenvalue weighted by atomic mass is 10.4. The number of nitrogens with one attached hydrogen (secondary N) is 2. The maximum absolute atomic E-state index is 11.9. The molecule has 1 aromatic rings. The number of hydrogen-bond donors (Lipinski definition) is 2. The minimum Gasteiger partial charge on any atom is -0.317 e. The first kappa shape index (κ1) is 16.5. The van der Waals surface area contributed by atoms with Crippen molar-refractivity contribution in [3.8, 4) is 0 Å². The summed E-state index contributed by atoms with van der Waals surface area (Å²) >= 11 is 1.50.